The van der Waals surface area contributed by atoms with Gasteiger partial charge in [0.15, 0.2) is 0 Å². The quantitative estimate of drug-likeness (QED) is 0.866. The molecule has 1 saturated heterocycles. The predicted octanol–water partition coefficient (Wildman–Crippen LogP) is 1.82. The molecule has 2 rings (SSSR count). The molecule has 0 radical (unpaired) electrons. The molecule has 1 amide bonds. The van der Waals surface area contributed by atoms with Crippen LogP contribution >= 0.6 is 11.6 Å². The summed E-state index contributed by atoms with van der Waals surface area (Å²) in [6.07, 6.45) is 1.04. The first kappa shape index (κ1) is 12.3. The number of carbonyl (C=O) groups excluding carboxylic acids is 1. The number of halogens is 2. The highest BCUT2D eigenvalue weighted by Crippen LogP contribution is 2.15. The third-order valence-corrected chi connectivity index (χ3v) is 3.12. The minimum Gasteiger partial charge on any atom is -0.352 e. The van der Waals surface area contributed by atoms with Gasteiger partial charge in [0.2, 0.25) is 0 Å². The Balaban J connectivity index is 1.96. The molecule has 92 valence electrons. The van der Waals surface area contributed by atoms with Crippen LogP contribution in [0, 0.1) is 11.7 Å². The number of carbonyl (C=O) groups is 1. The SMILES string of the molecule is O=C(NCC1CCNC1)c1cc(Cl)ccc1F. The van der Waals surface area contributed by atoms with Gasteiger partial charge in [0.1, 0.15) is 5.82 Å². The van der Waals surface area contributed by atoms with Gasteiger partial charge in [-0.25, -0.2) is 4.39 Å². The van der Waals surface area contributed by atoms with Gasteiger partial charge in [-0.05, 0) is 43.6 Å². The highest BCUT2D eigenvalue weighted by Gasteiger charge is 2.17. The van der Waals surface area contributed by atoms with Crippen LogP contribution < -0.4 is 10.6 Å². The van der Waals surface area contributed by atoms with E-state index in [0.29, 0.717) is 17.5 Å². The Hall–Kier alpha value is -1.13. The maximum atomic E-state index is 13.4. The van der Waals surface area contributed by atoms with Crippen molar-refractivity contribution in [2.45, 2.75) is 6.42 Å². The standard InChI is InChI=1S/C12H14ClFN2O/c13-9-1-2-11(14)10(5-9)12(17)16-7-8-3-4-15-6-8/h1-2,5,8,15H,3-4,6-7H2,(H,16,17). The van der Waals surface area contributed by atoms with Crippen LogP contribution in [0.3, 0.4) is 0 Å². The molecule has 1 unspecified atom stereocenters. The first-order valence-corrected chi connectivity index (χ1v) is 5.98. The molecule has 1 atom stereocenters. The van der Waals surface area contributed by atoms with Crippen molar-refractivity contribution in [1.29, 1.82) is 0 Å². The molecule has 1 heterocycles. The van der Waals surface area contributed by atoms with Gasteiger partial charge in [0, 0.05) is 11.6 Å². The van der Waals surface area contributed by atoms with Crippen LogP contribution in [-0.2, 0) is 0 Å². The van der Waals surface area contributed by atoms with Crippen molar-refractivity contribution in [3.63, 3.8) is 0 Å². The van der Waals surface area contributed by atoms with Crippen LogP contribution in [-0.4, -0.2) is 25.5 Å². The lowest BCUT2D eigenvalue weighted by Crippen LogP contribution is -2.30. The normalized spacial score (nSPS) is 19.3. The van der Waals surface area contributed by atoms with Gasteiger partial charge in [-0.3, -0.25) is 4.79 Å². The number of hydrogen-bond donors (Lipinski definition) is 2. The fourth-order valence-corrected chi connectivity index (χ4v) is 2.06. The van der Waals surface area contributed by atoms with Crippen molar-refractivity contribution in [3.05, 3.63) is 34.6 Å². The Bertz CT molecular complexity index is 419. The van der Waals surface area contributed by atoms with E-state index >= 15 is 0 Å². The highest BCUT2D eigenvalue weighted by molar-refractivity contribution is 6.30. The van der Waals surface area contributed by atoms with Gasteiger partial charge in [0.05, 0.1) is 5.56 Å². The first-order valence-electron chi connectivity index (χ1n) is 5.61. The molecule has 3 nitrogen and oxygen atoms in total. The Morgan fingerprint density at radius 2 is 2.41 bits per heavy atom. The molecule has 0 saturated carbocycles. The van der Waals surface area contributed by atoms with E-state index in [4.69, 9.17) is 11.6 Å². The van der Waals surface area contributed by atoms with Gasteiger partial charge in [0.25, 0.3) is 5.91 Å². The summed E-state index contributed by atoms with van der Waals surface area (Å²) in [5.74, 6) is -0.519. The molecule has 0 aliphatic carbocycles. The average Bonchev–Trinajstić information content (AvgIpc) is 2.82. The van der Waals surface area contributed by atoms with Crippen LogP contribution in [0.25, 0.3) is 0 Å². The van der Waals surface area contributed by atoms with E-state index in [-0.39, 0.29) is 5.56 Å². The Morgan fingerprint density at radius 1 is 1.59 bits per heavy atom. The summed E-state index contributed by atoms with van der Waals surface area (Å²) in [5.41, 5.74) is 0.00320. The lowest BCUT2D eigenvalue weighted by Gasteiger charge is -2.10. The van der Waals surface area contributed by atoms with Gasteiger partial charge in [-0.15, -0.1) is 0 Å². The fraction of sp³-hybridized carbons (Fsp3) is 0.417. The number of hydrogen-bond acceptors (Lipinski definition) is 2. The summed E-state index contributed by atoms with van der Waals surface area (Å²) in [6.45, 7) is 2.45. The maximum Gasteiger partial charge on any atom is 0.254 e. The van der Waals surface area contributed by atoms with Gasteiger partial charge in [-0.1, -0.05) is 11.6 Å². The van der Waals surface area contributed by atoms with Crippen molar-refractivity contribution in [2.24, 2.45) is 5.92 Å². The Morgan fingerprint density at radius 3 is 3.12 bits per heavy atom. The van der Waals surface area contributed by atoms with Gasteiger partial charge >= 0.3 is 0 Å². The lowest BCUT2D eigenvalue weighted by molar-refractivity contribution is 0.0944. The smallest absolute Gasteiger partial charge is 0.254 e. The second-order valence-corrected chi connectivity index (χ2v) is 4.63. The van der Waals surface area contributed by atoms with Crippen molar-refractivity contribution in [3.8, 4) is 0 Å². The number of rotatable bonds is 3. The molecule has 2 N–H and O–H groups in total. The third kappa shape index (κ3) is 3.17. The molecule has 1 aliphatic heterocycles. The van der Waals surface area contributed by atoms with Crippen LogP contribution in [0.1, 0.15) is 16.8 Å². The Labute approximate surface area is 104 Å². The second kappa shape index (κ2) is 5.47. The van der Waals surface area contributed by atoms with Crippen LogP contribution in [0.2, 0.25) is 5.02 Å². The van der Waals surface area contributed by atoms with E-state index in [2.05, 4.69) is 10.6 Å². The molecule has 0 spiro atoms. The summed E-state index contributed by atoms with van der Waals surface area (Å²) in [6, 6.07) is 3.97. The minimum absolute atomic E-state index is 0.00320. The van der Waals surface area contributed by atoms with E-state index in [9.17, 15) is 9.18 Å². The van der Waals surface area contributed by atoms with Crippen LogP contribution in [0.15, 0.2) is 18.2 Å². The zero-order chi connectivity index (χ0) is 12.3. The fourth-order valence-electron chi connectivity index (χ4n) is 1.89. The molecular formula is C12H14ClFN2O. The lowest BCUT2D eigenvalue weighted by atomic mass is 10.1. The van der Waals surface area contributed by atoms with Crippen LogP contribution in [0.4, 0.5) is 4.39 Å². The molecule has 1 fully saturated rings. The molecule has 5 heteroatoms. The molecule has 0 aromatic heterocycles. The van der Waals surface area contributed by atoms with E-state index in [0.717, 1.165) is 19.5 Å². The van der Waals surface area contributed by atoms with Gasteiger partial charge < -0.3 is 10.6 Å². The van der Waals surface area contributed by atoms with Crippen molar-refractivity contribution in [2.75, 3.05) is 19.6 Å². The predicted molar refractivity (Wildman–Crippen MR) is 64.7 cm³/mol. The second-order valence-electron chi connectivity index (χ2n) is 4.19. The van der Waals surface area contributed by atoms with Gasteiger partial charge in [-0.2, -0.15) is 0 Å². The summed E-state index contributed by atoms with van der Waals surface area (Å²) in [7, 11) is 0. The average molecular weight is 257 g/mol. The minimum atomic E-state index is -0.545. The van der Waals surface area contributed by atoms with E-state index < -0.39 is 11.7 Å². The molecule has 0 bridgehead atoms. The summed E-state index contributed by atoms with van der Waals surface area (Å²) < 4.78 is 13.4. The number of nitrogens with one attached hydrogen (secondary N) is 2. The van der Waals surface area contributed by atoms with E-state index in [1.165, 1.54) is 18.2 Å². The van der Waals surface area contributed by atoms with Crippen molar-refractivity contribution in [1.82, 2.24) is 10.6 Å². The zero-order valence-electron chi connectivity index (χ0n) is 9.30. The molecule has 17 heavy (non-hydrogen) atoms. The maximum absolute atomic E-state index is 13.4. The van der Waals surface area contributed by atoms with Crippen LogP contribution in [0.5, 0.6) is 0 Å². The third-order valence-electron chi connectivity index (χ3n) is 2.89. The van der Waals surface area contributed by atoms with Crippen molar-refractivity contribution < 1.29 is 9.18 Å². The van der Waals surface area contributed by atoms with Crippen molar-refractivity contribution >= 4 is 17.5 Å². The topological polar surface area (TPSA) is 41.1 Å². The number of amides is 1. The molecule has 1 aromatic rings. The summed E-state index contributed by atoms with van der Waals surface area (Å²) in [4.78, 5) is 11.7. The molecular weight excluding hydrogens is 243 g/mol. The first-order chi connectivity index (χ1) is 8.16. The monoisotopic (exact) mass is 256 g/mol. The molecule has 1 aromatic carbocycles. The van der Waals surface area contributed by atoms with E-state index in [1.54, 1.807) is 0 Å². The summed E-state index contributed by atoms with van der Waals surface area (Å²) in [5, 5.41) is 6.30. The highest BCUT2D eigenvalue weighted by atomic mass is 35.5. The zero-order valence-corrected chi connectivity index (χ0v) is 10.1. The van der Waals surface area contributed by atoms with E-state index in [1.807, 2.05) is 0 Å². The number of benzene rings is 1. The Kier molecular flexibility index (Phi) is 3.97. The summed E-state index contributed by atoms with van der Waals surface area (Å²) >= 11 is 5.73. The molecule has 1 aliphatic rings. The largest absolute Gasteiger partial charge is 0.352 e.